The van der Waals surface area contributed by atoms with Gasteiger partial charge >= 0.3 is 0 Å². The molecule has 1 aliphatic heterocycles. The van der Waals surface area contributed by atoms with Crippen molar-refractivity contribution in [1.29, 1.82) is 0 Å². The average Bonchev–Trinajstić information content (AvgIpc) is 2.84. The van der Waals surface area contributed by atoms with Crippen LogP contribution in [0.5, 0.6) is 0 Å². The summed E-state index contributed by atoms with van der Waals surface area (Å²) >= 11 is 0. The van der Waals surface area contributed by atoms with Crippen molar-refractivity contribution in [1.82, 2.24) is 19.4 Å². The lowest BCUT2D eigenvalue weighted by Gasteiger charge is -2.30. The lowest BCUT2D eigenvalue weighted by atomic mass is 10.1. The van der Waals surface area contributed by atoms with Crippen molar-refractivity contribution in [3.05, 3.63) is 22.6 Å². The molecule has 0 aliphatic carbocycles. The predicted octanol–water partition coefficient (Wildman–Crippen LogP) is 0.768. The third-order valence-electron chi connectivity index (χ3n) is 3.75. The molecule has 2 aromatic rings. The molecule has 1 fully saturated rings. The van der Waals surface area contributed by atoms with Crippen molar-refractivity contribution < 1.29 is 0 Å². The number of hydrogen-bond acceptors (Lipinski definition) is 4. The molecule has 2 aromatic heterocycles. The normalized spacial score (nSPS) is 20.8. The number of nitrogens with one attached hydrogen (secondary N) is 2. The van der Waals surface area contributed by atoms with Gasteiger partial charge in [-0.05, 0) is 32.5 Å². The van der Waals surface area contributed by atoms with Crippen molar-refractivity contribution in [3.63, 3.8) is 0 Å². The largest absolute Gasteiger partial charge is 0.355 e. The second kappa shape index (κ2) is 4.70. The first-order chi connectivity index (χ1) is 9.15. The van der Waals surface area contributed by atoms with Crippen LogP contribution in [0.2, 0.25) is 0 Å². The maximum atomic E-state index is 12.2. The van der Waals surface area contributed by atoms with Crippen LogP contribution in [0.15, 0.2) is 17.1 Å². The number of nitrogens with zero attached hydrogens (tertiary/aromatic N) is 3. The number of aromatic amines is 1. The van der Waals surface area contributed by atoms with E-state index in [1.165, 1.54) is 6.42 Å². The summed E-state index contributed by atoms with van der Waals surface area (Å²) < 4.78 is 1.58. The van der Waals surface area contributed by atoms with Crippen molar-refractivity contribution >= 4 is 17.0 Å². The molecule has 0 saturated carbocycles. The number of likely N-dealkylation sites (N-methyl/N-ethyl adjacent to an activating group) is 1. The van der Waals surface area contributed by atoms with Crippen LogP contribution < -0.4 is 10.9 Å². The molecular weight excluding hydrogens is 242 g/mol. The maximum absolute atomic E-state index is 12.2. The van der Waals surface area contributed by atoms with E-state index >= 15 is 0 Å². The van der Waals surface area contributed by atoms with Gasteiger partial charge in [-0.3, -0.25) is 9.36 Å². The number of aromatic nitrogens is 3. The second-order valence-electron chi connectivity index (χ2n) is 5.28. The number of fused-ring (bicyclic) bond motifs is 1. The van der Waals surface area contributed by atoms with E-state index in [2.05, 4.69) is 27.2 Å². The Bertz CT molecular complexity index is 644. The Hall–Kier alpha value is -1.82. The molecule has 6 heteroatoms. The Balaban J connectivity index is 1.92. The van der Waals surface area contributed by atoms with Gasteiger partial charge < -0.3 is 15.2 Å². The standard InChI is InChI=1S/C13H19N5O/c1-17-7-3-4-9(8-17)15-13-16-10-5-6-14-11(10)12(19)18(13)2/h5-6,9,14H,3-4,7-8H2,1-2H3,(H,15,16)/t9-/m1/s1. The van der Waals surface area contributed by atoms with E-state index in [0.29, 0.717) is 17.5 Å². The van der Waals surface area contributed by atoms with Crippen LogP contribution in [-0.2, 0) is 7.05 Å². The van der Waals surface area contributed by atoms with Crippen LogP contribution in [0.3, 0.4) is 0 Å². The van der Waals surface area contributed by atoms with E-state index in [4.69, 9.17) is 0 Å². The highest BCUT2D eigenvalue weighted by molar-refractivity contribution is 5.75. The summed E-state index contributed by atoms with van der Waals surface area (Å²) in [5.74, 6) is 0.650. The van der Waals surface area contributed by atoms with Gasteiger partial charge in [0.15, 0.2) is 0 Å². The van der Waals surface area contributed by atoms with Crippen molar-refractivity contribution in [2.45, 2.75) is 18.9 Å². The zero-order chi connectivity index (χ0) is 13.4. The van der Waals surface area contributed by atoms with Gasteiger partial charge in [-0.2, -0.15) is 0 Å². The van der Waals surface area contributed by atoms with E-state index in [-0.39, 0.29) is 5.56 Å². The summed E-state index contributed by atoms with van der Waals surface area (Å²) in [4.78, 5) is 21.9. The van der Waals surface area contributed by atoms with Crippen LogP contribution in [0.4, 0.5) is 5.95 Å². The molecular formula is C13H19N5O. The van der Waals surface area contributed by atoms with E-state index in [1.54, 1.807) is 17.8 Å². The molecule has 3 rings (SSSR count). The van der Waals surface area contributed by atoms with Crippen LogP contribution >= 0.6 is 0 Å². The Labute approximate surface area is 111 Å². The Kier molecular flexibility index (Phi) is 3.02. The smallest absolute Gasteiger partial charge is 0.278 e. The Morgan fingerprint density at radius 2 is 2.32 bits per heavy atom. The molecule has 6 nitrogen and oxygen atoms in total. The minimum absolute atomic E-state index is 0.0401. The highest BCUT2D eigenvalue weighted by atomic mass is 16.1. The molecule has 2 N–H and O–H groups in total. The first kappa shape index (κ1) is 12.2. The zero-order valence-corrected chi connectivity index (χ0v) is 11.3. The Morgan fingerprint density at radius 3 is 3.11 bits per heavy atom. The summed E-state index contributed by atoms with van der Waals surface area (Å²) in [5.41, 5.74) is 1.24. The average molecular weight is 261 g/mol. The minimum Gasteiger partial charge on any atom is -0.355 e. The summed E-state index contributed by atoms with van der Waals surface area (Å²) in [6, 6.07) is 2.18. The third-order valence-corrected chi connectivity index (χ3v) is 3.75. The van der Waals surface area contributed by atoms with Gasteiger partial charge in [-0.1, -0.05) is 0 Å². The van der Waals surface area contributed by atoms with Crippen LogP contribution in [0.25, 0.3) is 11.0 Å². The molecule has 0 radical (unpaired) electrons. The molecule has 0 spiro atoms. The van der Waals surface area contributed by atoms with Crippen LogP contribution in [0, 0.1) is 0 Å². The fourth-order valence-corrected chi connectivity index (χ4v) is 2.67. The first-order valence-electron chi connectivity index (χ1n) is 6.64. The predicted molar refractivity (Wildman–Crippen MR) is 75.5 cm³/mol. The fraction of sp³-hybridized carbons (Fsp3) is 0.538. The molecule has 102 valence electrons. The van der Waals surface area contributed by atoms with E-state index in [1.807, 2.05) is 6.07 Å². The van der Waals surface area contributed by atoms with E-state index in [0.717, 1.165) is 25.0 Å². The van der Waals surface area contributed by atoms with Crippen LogP contribution in [0.1, 0.15) is 12.8 Å². The molecule has 0 unspecified atom stereocenters. The number of rotatable bonds is 2. The first-order valence-corrected chi connectivity index (χ1v) is 6.64. The highest BCUT2D eigenvalue weighted by Crippen LogP contribution is 2.14. The number of H-pyrrole nitrogens is 1. The van der Waals surface area contributed by atoms with Gasteiger partial charge in [0.05, 0.1) is 5.52 Å². The molecule has 1 aliphatic rings. The summed E-state index contributed by atoms with van der Waals surface area (Å²) in [6.45, 7) is 2.13. The molecule has 0 bridgehead atoms. The topological polar surface area (TPSA) is 66.0 Å². The van der Waals surface area contributed by atoms with Crippen molar-refractivity contribution in [3.8, 4) is 0 Å². The lowest BCUT2D eigenvalue weighted by Crippen LogP contribution is -2.41. The van der Waals surface area contributed by atoms with Gasteiger partial charge in [0.1, 0.15) is 5.52 Å². The van der Waals surface area contributed by atoms with Gasteiger partial charge in [-0.15, -0.1) is 0 Å². The molecule has 0 amide bonds. The number of anilines is 1. The quantitative estimate of drug-likeness (QED) is 0.838. The summed E-state index contributed by atoms with van der Waals surface area (Å²) in [5, 5.41) is 3.40. The SMILES string of the molecule is CN1CCC[C@@H](Nc2nc3cc[nH]c3c(=O)n2C)C1. The van der Waals surface area contributed by atoms with Gasteiger partial charge in [0.2, 0.25) is 5.95 Å². The van der Waals surface area contributed by atoms with Gasteiger partial charge in [0.25, 0.3) is 5.56 Å². The number of piperidine rings is 1. The van der Waals surface area contributed by atoms with Crippen molar-refractivity contribution in [2.75, 3.05) is 25.5 Å². The monoisotopic (exact) mass is 261 g/mol. The minimum atomic E-state index is -0.0401. The Morgan fingerprint density at radius 1 is 1.47 bits per heavy atom. The fourth-order valence-electron chi connectivity index (χ4n) is 2.67. The highest BCUT2D eigenvalue weighted by Gasteiger charge is 2.19. The van der Waals surface area contributed by atoms with Gasteiger partial charge in [0, 0.05) is 25.8 Å². The van der Waals surface area contributed by atoms with Crippen LogP contribution in [-0.4, -0.2) is 45.6 Å². The van der Waals surface area contributed by atoms with Gasteiger partial charge in [-0.25, -0.2) is 4.98 Å². The molecule has 19 heavy (non-hydrogen) atoms. The number of likely N-dealkylation sites (tertiary alicyclic amines) is 1. The molecule has 1 saturated heterocycles. The summed E-state index contributed by atoms with van der Waals surface area (Å²) in [6.07, 6.45) is 4.04. The van der Waals surface area contributed by atoms with Crippen molar-refractivity contribution in [2.24, 2.45) is 7.05 Å². The molecule has 0 aromatic carbocycles. The molecule has 3 heterocycles. The third kappa shape index (κ3) is 2.23. The van der Waals surface area contributed by atoms with E-state index in [9.17, 15) is 4.79 Å². The lowest BCUT2D eigenvalue weighted by molar-refractivity contribution is 0.260. The van der Waals surface area contributed by atoms with E-state index < -0.39 is 0 Å². The summed E-state index contributed by atoms with van der Waals surface area (Å²) in [7, 11) is 3.88. The molecule has 1 atom stereocenters. The number of hydrogen-bond donors (Lipinski definition) is 2. The maximum Gasteiger partial charge on any atom is 0.278 e. The second-order valence-corrected chi connectivity index (χ2v) is 5.28. The zero-order valence-electron chi connectivity index (χ0n) is 11.3.